The summed E-state index contributed by atoms with van der Waals surface area (Å²) < 4.78 is 11.4. The van der Waals surface area contributed by atoms with Gasteiger partial charge in [-0.05, 0) is 48.5 Å². The number of carbonyl (C=O) groups is 1. The van der Waals surface area contributed by atoms with Gasteiger partial charge in [0, 0.05) is 49.2 Å². The van der Waals surface area contributed by atoms with Gasteiger partial charge in [0.05, 0.1) is 31.1 Å². The Balaban J connectivity index is 1.23. The van der Waals surface area contributed by atoms with Crippen molar-refractivity contribution in [1.29, 1.82) is 0 Å². The first-order valence-electron chi connectivity index (χ1n) is 12.1. The molecule has 5 rings (SSSR count). The molecule has 3 aromatic rings. The Morgan fingerprint density at radius 3 is 2.69 bits per heavy atom. The van der Waals surface area contributed by atoms with Gasteiger partial charge < -0.3 is 35.4 Å². The molecular formula is C26H30N6O4. The number of nitrogens with one attached hydrogen (secondary N) is 1. The summed E-state index contributed by atoms with van der Waals surface area (Å²) in [4.78, 5) is 24.6. The molecule has 2 saturated heterocycles. The maximum atomic E-state index is 11.7. The first-order chi connectivity index (χ1) is 17.6. The van der Waals surface area contributed by atoms with Gasteiger partial charge in [-0.3, -0.25) is 4.79 Å². The summed E-state index contributed by atoms with van der Waals surface area (Å²) in [7, 11) is 0. The number of anilines is 4. The first-order valence-corrected chi connectivity index (χ1v) is 12.1. The van der Waals surface area contributed by atoms with Crippen molar-refractivity contribution in [2.75, 3.05) is 62.0 Å². The van der Waals surface area contributed by atoms with E-state index in [1.54, 1.807) is 11.1 Å². The molecule has 3 heterocycles. The quantitative estimate of drug-likeness (QED) is 0.428. The Morgan fingerprint density at radius 2 is 1.94 bits per heavy atom. The van der Waals surface area contributed by atoms with Gasteiger partial charge in [0.25, 0.3) is 0 Å². The number of hydrogen-bond donors (Lipinski definition) is 3. The number of carbonyl (C=O) groups excluding carboxylic acids is 1. The van der Waals surface area contributed by atoms with Crippen LogP contribution in [-0.4, -0.2) is 78.0 Å². The van der Waals surface area contributed by atoms with Crippen molar-refractivity contribution >= 4 is 28.9 Å². The molecule has 188 valence electrons. The molecule has 1 atom stereocenters. The zero-order chi connectivity index (χ0) is 24.9. The number of nitrogen functional groups attached to an aromatic ring is 1. The summed E-state index contributed by atoms with van der Waals surface area (Å²) >= 11 is 0. The predicted molar refractivity (Wildman–Crippen MR) is 137 cm³/mol. The van der Waals surface area contributed by atoms with Crippen molar-refractivity contribution in [3.8, 4) is 17.0 Å². The average Bonchev–Trinajstić information content (AvgIpc) is 3.39. The van der Waals surface area contributed by atoms with Gasteiger partial charge in [0.1, 0.15) is 18.5 Å². The number of ether oxygens (including phenoxy) is 2. The average molecular weight is 491 g/mol. The standard InChI is InChI=1S/C26H30N6O4/c27-22-15-18(1-6-24(22)36-21-8-10-32(16-21)25(34)17-33)23-7-9-28-26(30-23)29-19-2-4-20(5-3-19)31-11-13-35-14-12-31/h1-7,9,15,21,33H,8,10-14,16-17,27H2,(H,28,29,30)/t21-/m0/s1. The minimum absolute atomic E-state index is 0.155. The topological polar surface area (TPSA) is 126 Å². The fourth-order valence-electron chi connectivity index (χ4n) is 4.43. The molecule has 0 aliphatic carbocycles. The van der Waals surface area contributed by atoms with E-state index < -0.39 is 6.61 Å². The summed E-state index contributed by atoms with van der Waals surface area (Å²) in [5, 5.41) is 12.3. The van der Waals surface area contributed by atoms with Gasteiger partial charge >= 0.3 is 0 Å². The number of aliphatic hydroxyl groups is 1. The maximum absolute atomic E-state index is 11.7. The second-order valence-electron chi connectivity index (χ2n) is 8.82. The number of nitrogens with two attached hydrogens (primary N) is 1. The molecule has 0 saturated carbocycles. The lowest BCUT2D eigenvalue weighted by Crippen LogP contribution is -2.36. The SMILES string of the molecule is Nc1cc(-c2ccnc(Nc3ccc(N4CCOCC4)cc3)n2)ccc1O[C@H]1CCN(C(=O)CO)C1. The van der Waals surface area contributed by atoms with Crippen molar-refractivity contribution in [2.24, 2.45) is 0 Å². The molecule has 1 amide bonds. The van der Waals surface area contributed by atoms with Crippen LogP contribution in [0.5, 0.6) is 5.75 Å². The number of nitrogens with zero attached hydrogens (tertiary/aromatic N) is 4. The molecule has 10 heteroatoms. The lowest BCUT2D eigenvalue weighted by Gasteiger charge is -2.28. The van der Waals surface area contributed by atoms with E-state index in [9.17, 15) is 4.79 Å². The monoisotopic (exact) mass is 490 g/mol. The summed E-state index contributed by atoms with van der Waals surface area (Å²) in [6, 6.07) is 15.6. The van der Waals surface area contributed by atoms with Crippen LogP contribution in [0.25, 0.3) is 11.3 Å². The van der Waals surface area contributed by atoms with Crippen molar-refractivity contribution in [3.63, 3.8) is 0 Å². The van der Waals surface area contributed by atoms with E-state index >= 15 is 0 Å². The smallest absolute Gasteiger partial charge is 0.248 e. The van der Waals surface area contributed by atoms with E-state index in [0.717, 1.165) is 43.2 Å². The highest BCUT2D eigenvalue weighted by atomic mass is 16.5. The Hall–Kier alpha value is -3.89. The summed E-state index contributed by atoms with van der Waals surface area (Å²) in [6.07, 6.45) is 2.25. The van der Waals surface area contributed by atoms with Crippen LogP contribution in [0.4, 0.5) is 23.0 Å². The van der Waals surface area contributed by atoms with E-state index in [0.29, 0.717) is 36.9 Å². The fourth-order valence-corrected chi connectivity index (χ4v) is 4.43. The van der Waals surface area contributed by atoms with Gasteiger partial charge in [0.2, 0.25) is 11.9 Å². The Bertz CT molecular complexity index is 1200. The third-order valence-electron chi connectivity index (χ3n) is 6.39. The number of morpholine rings is 1. The molecule has 0 radical (unpaired) electrons. The van der Waals surface area contributed by atoms with Crippen LogP contribution in [0, 0.1) is 0 Å². The Labute approximate surface area is 209 Å². The number of benzene rings is 2. The van der Waals surface area contributed by atoms with Crippen molar-refractivity contribution in [2.45, 2.75) is 12.5 Å². The van der Waals surface area contributed by atoms with E-state index in [1.165, 1.54) is 5.69 Å². The van der Waals surface area contributed by atoms with Gasteiger partial charge in [-0.1, -0.05) is 0 Å². The molecule has 0 spiro atoms. The third-order valence-corrected chi connectivity index (χ3v) is 6.39. The molecule has 0 unspecified atom stereocenters. The van der Waals surface area contributed by atoms with Crippen LogP contribution in [0.1, 0.15) is 6.42 Å². The molecule has 2 aromatic carbocycles. The van der Waals surface area contributed by atoms with E-state index in [2.05, 4.69) is 32.3 Å². The lowest BCUT2D eigenvalue weighted by atomic mass is 10.1. The summed E-state index contributed by atoms with van der Waals surface area (Å²) in [6.45, 7) is 3.82. The zero-order valence-corrected chi connectivity index (χ0v) is 20.0. The molecule has 2 aliphatic heterocycles. The summed E-state index contributed by atoms with van der Waals surface area (Å²) in [5.41, 5.74) is 10.4. The highest BCUT2D eigenvalue weighted by Gasteiger charge is 2.27. The number of hydrogen-bond acceptors (Lipinski definition) is 9. The number of likely N-dealkylation sites (tertiary alicyclic amines) is 1. The molecule has 2 fully saturated rings. The number of aliphatic hydroxyl groups excluding tert-OH is 1. The van der Waals surface area contributed by atoms with Crippen LogP contribution in [0.3, 0.4) is 0 Å². The van der Waals surface area contributed by atoms with Crippen molar-refractivity contribution in [3.05, 3.63) is 54.7 Å². The van der Waals surface area contributed by atoms with Crippen molar-refractivity contribution in [1.82, 2.24) is 14.9 Å². The highest BCUT2D eigenvalue weighted by Crippen LogP contribution is 2.30. The van der Waals surface area contributed by atoms with Gasteiger partial charge in [-0.15, -0.1) is 0 Å². The van der Waals surface area contributed by atoms with Crippen LogP contribution < -0.4 is 20.7 Å². The van der Waals surface area contributed by atoms with Crippen LogP contribution in [0.2, 0.25) is 0 Å². The lowest BCUT2D eigenvalue weighted by molar-refractivity contribution is -0.133. The second-order valence-corrected chi connectivity index (χ2v) is 8.82. The van der Waals surface area contributed by atoms with Crippen LogP contribution >= 0.6 is 0 Å². The molecule has 4 N–H and O–H groups in total. The normalized spacial score (nSPS) is 17.8. The largest absolute Gasteiger partial charge is 0.486 e. The Morgan fingerprint density at radius 1 is 1.14 bits per heavy atom. The Kier molecular flexibility index (Phi) is 7.15. The van der Waals surface area contributed by atoms with Gasteiger partial charge in [0.15, 0.2) is 0 Å². The van der Waals surface area contributed by atoms with Crippen LogP contribution in [0.15, 0.2) is 54.7 Å². The first kappa shape index (κ1) is 23.8. The third kappa shape index (κ3) is 5.50. The molecule has 10 nitrogen and oxygen atoms in total. The van der Waals surface area contributed by atoms with Crippen molar-refractivity contribution < 1.29 is 19.4 Å². The predicted octanol–water partition coefficient (Wildman–Crippen LogP) is 2.28. The van der Waals surface area contributed by atoms with Gasteiger partial charge in [-0.2, -0.15) is 0 Å². The summed E-state index contributed by atoms with van der Waals surface area (Å²) in [5.74, 6) is 0.769. The van der Waals surface area contributed by atoms with E-state index in [4.69, 9.17) is 20.3 Å². The number of aromatic nitrogens is 2. The maximum Gasteiger partial charge on any atom is 0.248 e. The van der Waals surface area contributed by atoms with E-state index in [-0.39, 0.29) is 12.0 Å². The second kappa shape index (κ2) is 10.8. The molecular weight excluding hydrogens is 460 g/mol. The zero-order valence-electron chi connectivity index (χ0n) is 20.0. The van der Waals surface area contributed by atoms with Gasteiger partial charge in [-0.25, -0.2) is 9.97 Å². The minimum atomic E-state index is -0.487. The fraction of sp³-hybridized carbons (Fsp3) is 0.346. The van der Waals surface area contributed by atoms with E-state index in [1.807, 2.05) is 36.4 Å². The van der Waals surface area contributed by atoms with Crippen LogP contribution in [-0.2, 0) is 9.53 Å². The molecule has 1 aromatic heterocycles. The number of amides is 1. The number of rotatable bonds is 7. The molecule has 36 heavy (non-hydrogen) atoms. The highest BCUT2D eigenvalue weighted by molar-refractivity contribution is 5.77. The molecule has 2 aliphatic rings. The molecule has 0 bridgehead atoms. The minimum Gasteiger partial charge on any atom is -0.486 e.